The first-order valence-electron chi connectivity index (χ1n) is 7.28. The van der Waals surface area contributed by atoms with Crippen LogP contribution < -0.4 is 10.1 Å². The fourth-order valence-electron chi connectivity index (χ4n) is 3.33. The number of aryl methyl sites for hydroxylation is 2. The first-order chi connectivity index (χ1) is 8.74. The van der Waals surface area contributed by atoms with E-state index in [0.717, 1.165) is 5.75 Å². The standard InChI is InChI=1S/C16H23NO/c1-11-9-12(2)16-14(10-11)17-13-7-5-3-4-6-8-15(13)18-16/h9-10,13,15,17H,3-8H2,1-2H3. The number of ether oxygens (including phenoxy) is 1. The lowest BCUT2D eigenvalue weighted by atomic mass is 9.92. The average Bonchev–Trinajstić information content (AvgIpc) is 2.29. The molecule has 0 bridgehead atoms. The molecule has 1 aliphatic carbocycles. The van der Waals surface area contributed by atoms with Crippen LogP contribution in [0, 0.1) is 13.8 Å². The first kappa shape index (κ1) is 11.9. The van der Waals surface area contributed by atoms with Gasteiger partial charge in [0.25, 0.3) is 0 Å². The fourth-order valence-corrected chi connectivity index (χ4v) is 3.33. The summed E-state index contributed by atoms with van der Waals surface area (Å²) in [5.41, 5.74) is 3.78. The van der Waals surface area contributed by atoms with Crippen LogP contribution in [0.15, 0.2) is 12.1 Å². The van der Waals surface area contributed by atoms with Gasteiger partial charge < -0.3 is 10.1 Å². The van der Waals surface area contributed by atoms with Crippen LogP contribution in [0.1, 0.15) is 49.7 Å². The number of benzene rings is 1. The highest BCUT2D eigenvalue weighted by Gasteiger charge is 2.30. The quantitative estimate of drug-likeness (QED) is 0.739. The van der Waals surface area contributed by atoms with Crippen LogP contribution in [-0.2, 0) is 0 Å². The van der Waals surface area contributed by atoms with E-state index in [2.05, 4.69) is 31.3 Å². The Kier molecular flexibility index (Phi) is 3.19. The summed E-state index contributed by atoms with van der Waals surface area (Å²) in [7, 11) is 0. The number of anilines is 1. The summed E-state index contributed by atoms with van der Waals surface area (Å²) in [6.45, 7) is 4.30. The highest BCUT2D eigenvalue weighted by atomic mass is 16.5. The maximum Gasteiger partial charge on any atom is 0.145 e. The van der Waals surface area contributed by atoms with E-state index in [9.17, 15) is 0 Å². The van der Waals surface area contributed by atoms with Crippen molar-refractivity contribution in [3.63, 3.8) is 0 Å². The molecule has 0 amide bonds. The Balaban J connectivity index is 1.90. The molecule has 2 nitrogen and oxygen atoms in total. The van der Waals surface area contributed by atoms with Crippen LogP contribution in [0.25, 0.3) is 0 Å². The van der Waals surface area contributed by atoms with Gasteiger partial charge in [-0.1, -0.05) is 25.3 Å². The van der Waals surface area contributed by atoms with E-state index in [1.807, 2.05) is 0 Å². The van der Waals surface area contributed by atoms with Gasteiger partial charge in [-0.05, 0) is 50.3 Å². The monoisotopic (exact) mass is 245 g/mol. The molecular weight excluding hydrogens is 222 g/mol. The predicted molar refractivity (Wildman–Crippen MR) is 75.4 cm³/mol. The molecule has 1 N–H and O–H groups in total. The molecule has 1 aromatic carbocycles. The summed E-state index contributed by atoms with van der Waals surface area (Å²) >= 11 is 0. The maximum atomic E-state index is 6.29. The molecule has 3 rings (SSSR count). The van der Waals surface area contributed by atoms with Gasteiger partial charge in [-0.25, -0.2) is 0 Å². The van der Waals surface area contributed by atoms with E-state index in [4.69, 9.17) is 4.74 Å². The summed E-state index contributed by atoms with van der Waals surface area (Å²) in [5, 5.41) is 3.72. The zero-order valence-corrected chi connectivity index (χ0v) is 11.5. The van der Waals surface area contributed by atoms with Crippen molar-refractivity contribution in [2.45, 2.75) is 64.5 Å². The summed E-state index contributed by atoms with van der Waals surface area (Å²) in [4.78, 5) is 0. The van der Waals surface area contributed by atoms with Gasteiger partial charge in [0.2, 0.25) is 0 Å². The Morgan fingerprint density at radius 3 is 2.67 bits per heavy atom. The summed E-state index contributed by atoms with van der Waals surface area (Å²) in [6, 6.07) is 4.94. The average molecular weight is 245 g/mol. The van der Waals surface area contributed by atoms with Crippen LogP contribution in [0.5, 0.6) is 5.75 Å². The van der Waals surface area contributed by atoms with Crippen LogP contribution in [0.2, 0.25) is 0 Å². The highest BCUT2D eigenvalue weighted by molar-refractivity contribution is 5.63. The molecule has 2 heteroatoms. The lowest BCUT2D eigenvalue weighted by Crippen LogP contribution is -2.42. The zero-order valence-electron chi connectivity index (χ0n) is 11.5. The molecule has 2 aliphatic rings. The SMILES string of the molecule is Cc1cc(C)c2c(c1)NC1CCCCCCC1O2. The molecule has 1 heterocycles. The van der Waals surface area contributed by atoms with Crippen LogP contribution in [0.3, 0.4) is 0 Å². The molecule has 98 valence electrons. The van der Waals surface area contributed by atoms with Gasteiger partial charge in [-0.3, -0.25) is 0 Å². The number of nitrogens with one attached hydrogen (secondary N) is 1. The normalized spacial score (nSPS) is 27.0. The molecule has 1 aromatic rings. The summed E-state index contributed by atoms with van der Waals surface area (Å²) < 4.78 is 6.29. The Morgan fingerprint density at radius 2 is 1.83 bits per heavy atom. The molecule has 2 unspecified atom stereocenters. The van der Waals surface area contributed by atoms with Gasteiger partial charge in [-0.2, -0.15) is 0 Å². The minimum Gasteiger partial charge on any atom is -0.486 e. The number of fused-ring (bicyclic) bond motifs is 2. The number of hydrogen-bond donors (Lipinski definition) is 1. The van der Waals surface area contributed by atoms with Gasteiger partial charge in [0.05, 0.1) is 11.7 Å². The van der Waals surface area contributed by atoms with Crippen LogP contribution in [0.4, 0.5) is 5.69 Å². The Hall–Kier alpha value is -1.18. The van der Waals surface area contributed by atoms with Crippen molar-refractivity contribution < 1.29 is 4.74 Å². The van der Waals surface area contributed by atoms with Crippen molar-refractivity contribution in [1.29, 1.82) is 0 Å². The molecule has 0 radical (unpaired) electrons. The molecule has 1 fully saturated rings. The summed E-state index contributed by atoms with van der Waals surface area (Å²) in [6.07, 6.45) is 8.21. The lowest BCUT2D eigenvalue weighted by Gasteiger charge is -2.37. The minimum absolute atomic E-state index is 0.374. The number of rotatable bonds is 0. The van der Waals surface area contributed by atoms with Gasteiger partial charge in [0.1, 0.15) is 11.9 Å². The zero-order chi connectivity index (χ0) is 12.5. The second-order valence-electron chi connectivity index (χ2n) is 5.86. The molecule has 18 heavy (non-hydrogen) atoms. The first-order valence-corrected chi connectivity index (χ1v) is 7.28. The van der Waals surface area contributed by atoms with Gasteiger partial charge in [-0.15, -0.1) is 0 Å². The van der Waals surface area contributed by atoms with Gasteiger partial charge >= 0.3 is 0 Å². The third-order valence-electron chi connectivity index (χ3n) is 4.23. The second kappa shape index (κ2) is 4.83. The van der Waals surface area contributed by atoms with E-state index in [0.29, 0.717) is 12.1 Å². The van der Waals surface area contributed by atoms with E-state index in [-0.39, 0.29) is 0 Å². The molecule has 1 saturated carbocycles. The molecular formula is C16H23NO. The predicted octanol–water partition coefficient (Wildman–Crippen LogP) is 4.20. The largest absolute Gasteiger partial charge is 0.486 e. The fraction of sp³-hybridized carbons (Fsp3) is 0.625. The Bertz CT molecular complexity index is 441. The topological polar surface area (TPSA) is 21.3 Å². The molecule has 2 atom stereocenters. The Morgan fingerprint density at radius 1 is 1.06 bits per heavy atom. The van der Waals surface area contributed by atoms with E-state index in [1.54, 1.807) is 0 Å². The van der Waals surface area contributed by atoms with Crippen molar-refractivity contribution in [3.05, 3.63) is 23.3 Å². The maximum absolute atomic E-state index is 6.29. The second-order valence-corrected chi connectivity index (χ2v) is 5.86. The molecule has 0 spiro atoms. The van der Waals surface area contributed by atoms with Crippen molar-refractivity contribution in [1.82, 2.24) is 0 Å². The van der Waals surface area contributed by atoms with Gasteiger partial charge in [0, 0.05) is 0 Å². The smallest absolute Gasteiger partial charge is 0.145 e. The third-order valence-corrected chi connectivity index (χ3v) is 4.23. The van der Waals surface area contributed by atoms with Crippen molar-refractivity contribution in [3.8, 4) is 5.75 Å². The van der Waals surface area contributed by atoms with E-state index < -0.39 is 0 Å². The van der Waals surface area contributed by atoms with Crippen molar-refractivity contribution in [2.24, 2.45) is 0 Å². The van der Waals surface area contributed by atoms with Crippen molar-refractivity contribution >= 4 is 5.69 Å². The van der Waals surface area contributed by atoms with E-state index in [1.165, 1.54) is 55.3 Å². The molecule has 1 aliphatic heterocycles. The van der Waals surface area contributed by atoms with Gasteiger partial charge in [0.15, 0.2) is 0 Å². The molecule has 0 aromatic heterocycles. The van der Waals surface area contributed by atoms with Crippen LogP contribution in [-0.4, -0.2) is 12.1 Å². The third kappa shape index (κ3) is 2.21. The van der Waals surface area contributed by atoms with E-state index >= 15 is 0 Å². The highest BCUT2D eigenvalue weighted by Crippen LogP contribution is 2.38. The minimum atomic E-state index is 0.374. The molecule has 0 saturated heterocycles. The van der Waals surface area contributed by atoms with Crippen LogP contribution >= 0.6 is 0 Å². The van der Waals surface area contributed by atoms with Crippen molar-refractivity contribution in [2.75, 3.05) is 5.32 Å². The Labute approximate surface area is 110 Å². The lowest BCUT2D eigenvalue weighted by molar-refractivity contribution is 0.142. The number of hydrogen-bond acceptors (Lipinski definition) is 2. The summed E-state index contributed by atoms with van der Waals surface area (Å²) in [5.74, 6) is 1.09.